The summed E-state index contributed by atoms with van der Waals surface area (Å²) < 4.78 is 20.0. The Balaban J connectivity index is 1.65. The second-order valence-electron chi connectivity index (χ2n) is 10.0. The summed E-state index contributed by atoms with van der Waals surface area (Å²) in [7, 11) is 1.35. The molecule has 0 amide bonds. The van der Waals surface area contributed by atoms with Gasteiger partial charge in [-0.05, 0) is 88.2 Å². The van der Waals surface area contributed by atoms with Gasteiger partial charge >= 0.3 is 11.9 Å². The Hall–Kier alpha value is -4.70. The van der Waals surface area contributed by atoms with Gasteiger partial charge in [0, 0.05) is 17.1 Å². The van der Waals surface area contributed by atoms with E-state index in [0.717, 1.165) is 28.2 Å². The number of ether oxygens (including phenoxy) is 3. The summed E-state index contributed by atoms with van der Waals surface area (Å²) in [6.45, 7) is 10.1. The Bertz CT molecular complexity index is 1930. The van der Waals surface area contributed by atoms with Crippen molar-refractivity contribution in [3.05, 3.63) is 114 Å². The van der Waals surface area contributed by atoms with Crippen LogP contribution in [0.3, 0.4) is 0 Å². The lowest BCUT2D eigenvalue weighted by molar-refractivity contribution is -0.139. The number of thiazole rings is 1. The molecule has 0 fully saturated rings. The first-order valence-corrected chi connectivity index (χ1v) is 14.8. The number of hydrogen-bond acceptors (Lipinski definition) is 8. The highest BCUT2D eigenvalue weighted by molar-refractivity contribution is 7.07. The van der Waals surface area contributed by atoms with Gasteiger partial charge in [0.2, 0.25) is 0 Å². The maximum Gasteiger partial charge on any atom is 0.338 e. The Morgan fingerprint density at radius 3 is 2.42 bits per heavy atom. The van der Waals surface area contributed by atoms with E-state index in [2.05, 4.69) is 4.99 Å². The summed E-state index contributed by atoms with van der Waals surface area (Å²) >= 11 is 1.27. The maximum absolute atomic E-state index is 14.1. The van der Waals surface area contributed by atoms with Crippen LogP contribution in [0.4, 0.5) is 0 Å². The zero-order valence-corrected chi connectivity index (χ0v) is 25.8. The molecule has 0 unspecified atom stereocenters. The fraction of sp³-hybridized carbons (Fsp3) is 0.273. The third-order valence-electron chi connectivity index (χ3n) is 7.31. The van der Waals surface area contributed by atoms with Crippen LogP contribution in [0.15, 0.2) is 75.7 Å². The molecule has 0 aliphatic carbocycles. The molecule has 2 aromatic carbocycles. The zero-order valence-electron chi connectivity index (χ0n) is 25.0. The number of aromatic nitrogens is 2. The van der Waals surface area contributed by atoms with E-state index in [1.807, 2.05) is 73.9 Å². The van der Waals surface area contributed by atoms with E-state index in [1.54, 1.807) is 30.5 Å². The normalized spacial score (nSPS) is 14.7. The second-order valence-corrected chi connectivity index (χ2v) is 11.0. The molecule has 3 heterocycles. The smallest absolute Gasteiger partial charge is 0.338 e. The molecule has 4 aromatic rings. The monoisotopic (exact) mass is 599 g/mol. The fourth-order valence-electron chi connectivity index (χ4n) is 5.38. The fourth-order valence-corrected chi connectivity index (χ4v) is 6.42. The lowest BCUT2D eigenvalue weighted by Crippen LogP contribution is -2.39. The van der Waals surface area contributed by atoms with E-state index in [9.17, 15) is 14.4 Å². The van der Waals surface area contributed by atoms with Gasteiger partial charge in [-0.25, -0.2) is 14.6 Å². The van der Waals surface area contributed by atoms with E-state index < -0.39 is 18.0 Å². The van der Waals surface area contributed by atoms with Crippen molar-refractivity contribution in [1.29, 1.82) is 0 Å². The Morgan fingerprint density at radius 2 is 1.74 bits per heavy atom. The number of nitrogens with zero attached hydrogens (tertiary/aromatic N) is 3. The molecule has 0 spiro atoms. The Morgan fingerprint density at radius 1 is 1.00 bits per heavy atom. The van der Waals surface area contributed by atoms with Crippen molar-refractivity contribution < 1.29 is 23.8 Å². The van der Waals surface area contributed by atoms with Crippen molar-refractivity contribution in [1.82, 2.24) is 9.13 Å². The molecule has 0 radical (unpaired) electrons. The van der Waals surface area contributed by atoms with Crippen molar-refractivity contribution in [2.45, 2.75) is 40.7 Å². The zero-order chi connectivity index (χ0) is 30.8. The lowest BCUT2D eigenvalue weighted by atomic mass is 9.96. The van der Waals surface area contributed by atoms with Gasteiger partial charge in [0.05, 0.1) is 47.7 Å². The predicted molar refractivity (Wildman–Crippen MR) is 165 cm³/mol. The maximum atomic E-state index is 14.1. The number of hydrogen-bond donors (Lipinski definition) is 0. The largest absolute Gasteiger partial charge is 0.494 e. The van der Waals surface area contributed by atoms with Gasteiger partial charge in [0.15, 0.2) is 4.80 Å². The average molecular weight is 600 g/mol. The van der Waals surface area contributed by atoms with Crippen molar-refractivity contribution in [3.8, 4) is 11.4 Å². The topological polar surface area (TPSA) is 101 Å². The number of methoxy groups -OCH3 is 1. The molecule has 0 N–H and O–H groups in total. The predicted octanol–water partition coefficient (Wildman–Crippen LogP) is 4.39. The standard InChI is InChI=1S/C33H33N3O6S/c1-7-41-26-14-12-22(13-15-26)29-28(32(39)42-8-2)20(4)34-33-36(29)30(37)27(43-33)18-24-16-19(3)35(21(24)5)25-11-9-10-23(17-25)31(38)40-6/h9-18,29H,7-8H2,1-6H3/t29-/m0/s1. The molecule has 0 saturated heterocycles. The van der Waals surface area contributed by atoms with E-state index in [-0.39, 0.29) is 12.2 Å². The highest BCUT2D eigenvalue weighted by Crippen LogP contribution is 2.32. The molecule has 1 aliphatic heterocycles. The van der Waals surface area contributed by atoms with Crippen molar-refractivity contribution in [3.63, 3.8) is 0 Å². The molecule has 1 atom stereocenters. The molecular formula is C33H33N3O6S. The van der Waals surface area contributed by atoms with Crippen LogP contribution in [0, 0.1) is 13.8 Å². The first kappa shape index (κ1) is 29.8. The summed E-state index contributed by atoms with van der Waals surface area (Å²) in [6.07, 6.45) is 1.85. The van der Waals surface area contributed by atoms with E-state index in [4.69, 9.17) is 14.2 Å². The Kier molecular flexibility index (Phi) is 8.50. The molecule has 2 aromatic heterocycles. The number of rotatable bonds is 8. The van der Waals surface area contributed by atoms with Crippen LogP contribution < -0.4 is 19.6 Å². The minimum Gasteiger partial charge on any atom is -0.494 e. The number of allylic oxidation sites excluding steroid dienone is 1. The van der Waals surface area contributed by atoms with Crippen molar-refractivity contribution in [2.24, 2.45) is 4.99 Å². The van der Waals surface area contributed by atoms with Gasteiger partial charge in [-0.2, -0.15) is 0 Å². The molecule has 43 heavy (non-hydrogen) atoms. The summed E-state index contributed by atoms with van der Waals surface area (Å²) in [5.41, 5.74) is 5.27. The van der Waals surface area contributed by atoms with E-state index in [0.29, 0.717) is 38.5 Å². The quantitative estimate of drug-likeness (QED) is 0.279. The van der Waals surface area contributed by atoms with Crippen LogP contribution in [0.2, 0.25) is 0 Å². The minimum absolute atomic E-state index is 0.203. The third-order valence-corrected chi connectivity index (χ3v) is 8.29. The van der Waals surface area contributed by atoms with Gasteiger partial charge in [-0.1, -0.05) is 29.5 Å². The molecule has 9 nitrogen and oxygen atoms in total. The molecule has 5 rings (SSSR count). The molecule has 0 bridgehead atoms. The first-order chi connectivity index (χ1) is 20.7. The van der Waals surface area contributed by atoms with Gasteiger partial charge < -0.3 is 18.8 Å². The number of carbonyl (C=O) groups excluding carboxylic acids is 2. The van der Waals surface area contributed by atoms with Gasteiger partial charge in [0.1, 0.15) is 5.75 Å². The average Bonchev–Trinajstić information content (AvgIpc) is 3.45. The van der Waals surface area contributed by atoms with E-state index in [1.165, 1.54) is 18.4 Å². The second kappa shape index (κ2) is 12.3. The van der Waals surface area contributed by atoms with Crippen molar-refractivity contribution >= 4 is 29.4 Å². The SMILES string of the molecule is CCOC(=O)C1=C(C)N=c2sc(=Cc3cc(C)n(-c4cccc(C(=O)OC)c4)c3C)c(=O)n2[C@H]1c1ccc(OCC)cc1. The summed E-state index contributed by atoms with van der Waals surface area (Å²) in [5.74, 6) is -0.218. The molecule has 1 aliphatic rings. The van der Waals surface area contributed by atoms with Crippen LogP contribution in [0.1, 0.15) is 59.7 Å². The summed E-state index contributed by atoms with van der Waals surface area (Å²) in [5, 5.41) is 0. The van der Waals surface area contributed by atoms with Gasteiger partial charge in [0.25, 0.3) is 5.56 Å². The number of carbonyl (C=O) groups is 2. The summed E-state index contributed by atoms with van der Waals surface area (Å²) in [4.78, 5) is 44.5. The van der Waals surface area contributed by atoms with Gasteiger partial charge in [-0.15, -0.1) is 0 Å². The van der Waals surface area contributed by atoms with Crippen molar-refractivity contribution in [2.75, 3.05) is 20.3 Å². The minimum atomic E-state index is -0.707. The first-order valence-electron chi connectivity index (χ1n) is 14.0. The lowest BCUT2D eigenvalue weighted by Gasteiger charge is -2.24. The highest BCUT2D eigenvalue weighted by atomic mass is 32.1. The van der Waals surface area contributed by atoms with E-state index >= 15 is 0 Å². The highest BCUT2D eigenvalue weighted by Gasteiger charge is 2.33. The van der Waals surface area contributed by atoms with Crippen LogP contribution in [0.5, 0.6) is 5.75 Å². The molecular weight excluding hydrogens is 566 g/mol. The number of aryl methyl sites for hydroxylation is 1. The Labute approximate surface area is 253 Å². The number of esters is 2. The molecule has 10 heteroatoms. The summed E-state index contributed by atoms with van der Waals surface area (Å²) in [6, 6.07) is 15.9. The number of fused-ring (bicyclic) bond motifs is 1. The molecule has 222 valence electrons. The van der Waals surface area contributed by atoms with Crippen LogP contribution >= 0.6 is 11.3 Å². The number of benzene rings is 2. The van der Waals surface area contributed by atoms with Crippen LogP contribution in [-0.4, -0.2) is 41.4 Å². The molecule has 0 saturated carbocycles. The van der Waals surface area contributed by atoms with Crippen LogP contribution in [0.25, 0.3) is 11.8 Å². The van der Waals surface area contributed by atoms with Crippen LogP contribution in [-0.2, 0) is 14.3 Å². The third kappa shape index (κ3) is 5.58. The van der Waals surface area contributed by atoms with Gasteiger partial charge in [-0.3, -0.25) is 9.36 Å².